The quantitative estimate of drug-likeness (QED) is 0.291. The number of fused-ring (bicyclic) bond motifs is 2. The van der Waals surface area contributed by atoms with Crippen LogP contribution in [-0.4, -0.2) is 31.3 Å². The van der Waals surface area contributed by atoms with Crippen LogP contribution in [0.15, 0.2) is 53.3 Å². The number of methoxy groups -OCH3 is 1. The maximum absolute atomic E-state index is 14.2. The van der Waals surface area contributed by atoms with Gasteiger partial charge in [-0.2, -0.15) is 17.7 Å². The van der Waals surface area contributed by atoms with Gasteiger partial charge in [0.05, 0.1) is 23.9 Å². The Balaban J connectivity index is 1.67. The van der Waals surface area contributed by atoms with Crippen LogP contribution in [0, 0.1) is 6.92 Å². The number of aromatic nitrogens is 5. The number of H-pyrrole nitrogens is 1. The smallest absolute Gasteiger partial charge is 0.433 e. The zero-order valence-electron chi connectivity index (χ0n) is 21.0. The predicted molar refractivity (Wildman–Crippen MR) is 138 cm³/mol. The van der Waals surface area contributed by atoms with E-state index < -0.39 is 17.4 Å². The number of nitrogens with one attached hydrogen (secondary N) is 1. The number of benzene rings is 2. The van der Waals surface area contributed by atoms with Crippen LogP contribution < -0.4 is 10.3 Å². The molecular weight excluding hydrogens is 495 g/mol. The monoisotopic (exact) mass is 521 g/mol. The molecule has 0 atom stereocenters. The van der Waals surface area contributed by atoms with Gasteiger partial charge in [0.25, 0.3) is 5.56 Å². The summed E-state index contributed by atoms with van der Waals surface area (Å²) in [5.74, 6) is 0.959. The summed E-state index contributed by atoms with van der Waals surface area (Å²) in [7, 11) is 1.56. The normalized spacial score (nSPS) is 15.0. The fraction of sp³-hybridized carbons (Fsp3) is 0.321. The fourth-order valence-corrected chi connectivity index (χ4v) is 5.66. The maximum atomic E-state index is 14.2. The van der Waals surface area contributed by atoms with E-state index in [4.69, 9.17) is 9.72 Å². The van der Waals surface area contributed by atoms with E-state index in [1.807, 2.05) is 12.1 Å². The highest BCUT2D eigenvalue weighted by Gasteiger charge is 2.39. The van der Waals surface area contributed by atoms with E-state index in [1.54, 1.807) is 50.4 Å². The second-order valence-corrected chi connectivity index (χ2v) is 9.69. The molecule has 0 unspecified atom stereocenters. The molecular formula is C28H26F3N5O2. The molecule has 5 aromatic rings. The Morgan fingerprint density at radius 3 is 2.39 bits per heavy atom. The summed E-state index contributed by atoms with van der Waals surface area (Å²) in [6.07, 6.45) is 0.364. The van der Waals surface area contributed by atoms with Crippen LogP contribution in [0.4, 0.5) is 13.2 Å². The molecule has 6 rings (SSSR count). The molecule has 1 fully saturated rings. The Hall–Kier alpha value is -4.08. The average molecular weight is 522 g/mol. The molecule has 3 aromatic heterocycles. The van der Waals surface area contributed by atoms with E-state index in [-0.39, 0.29) is 22.8 Å². The molecule has 38 heavy (non-hydrogen) atoms. The van der Waals surface area contributed by atoms with Crippen LogP contribution >= 0.6 is 0 Å². The number of hydrogen-bond acceptors (Lipinski definition) is 4. The van der Waals surface area contributed by atoms with Crippen molar-refractivity contribution in [2.45, 2.75) is 51.2 Å². The van der Waals surface area contributed by atoms with Crippen molar-refractivity contribution in [3.8, 4) is 28.3 Å². The van der Waals surface area contributed by atoms with Gasteiger partial charge in [-0.15, -0.1) is 0 Å². The lowest BCUT2D eigenvalue weighted by molar-refractivity contribution is -0.140. The zero-order chi connectivity index (χ0) is 26.6. The maximum Gasteiger partial charge on any atom is 0.433 e. The van der Waals surface area contributed by atoms with Gasteiger partial charge in [-0.1, -0.05) is 55.7 Å². The van der Waals surface area contributed by atoms with Crippen LogP contribution in [0.3, 0.4) is 0 Å². The number of imidazole rings is 1. The van der Waals surface area contributed by atoms with Crippen LogP contribution in [0.25, 0.3) is 39.2 Å². The van der Waals surface area contributed by atoms with Gasteiger partial charge in [-0.3, -0.25) is 9.89 Å². The molecule has 2 aromatic carbocycles. The minimum absolute atomic E-state index is 0.0762. The SMILES string of the molecule is COc1cccc2c1nc(-c1c(C)nc3c(-c4ccccc4)c(C(F)(F)F)[nH]n3c1=O)n2C1CCCCC1. The highest BCUT2D eigenvalue weighted by Crippen LogP contribution is 2.40. The van der Waals surface area contributed by atoms with Gasteiger partial charge in [0.2, 0.25) is 0 Å². The molecule has 0 bridgehead atoms. The first kappa shape index (κ1) is 24.3. The van der Waals surface area contributed by atoms with Crippen LogP contribution in [0.5, 0.6) is 5.75 Å². The first-order valence-corrected chi connectivity index (χ1v) is 12.6. The lowest BCUT2D eigenvalue weighted by Gasteiger charge is -2.25. The number of para-hydroxylation sites is 1. The van der Waals surface area contributed by atoms with Gasteiger partial charge in [0.15, 0.2) is 5.65 Å². The van der Waals surface area contributed by atoms with E-state index in [0.29, 0.717) is 28.3 Å². The second-order valence-electron chi connectivity index (χ2n) is 9.69. The minimum Gasteiger partial charge on any atom is -0.494 e. The molecule has 0 saturated heterocycles. The summed E-state index contributed by atoms with van der Waals surface area (Å²) in [6, 6.07) is 13.9. The summed E-state index contributed by atoms with van der Waals surface area (Å²) >= 11 is 0. The Bertz CT molecular complexity index is 1710. The molecule has 0 radical (unpaired) electrons. The van der Waals surface area contributed by atoms with E-state index in [0.717, 1.165) is 42.1 Å². The number of rotatable bonds is 4. The minimum atomic E-state index is -4.72. The number of alkyl halides is 3. The molecule has 1 aliphatic rings. The summed E-state index contributed by atoms with van der Waals surface area (Å²) in [5.41, 5.74) is 0.331. The molecule has 1 saturated carbocycles. The van der Waals surface area contributed by atoms with Gasteiger partial charge in [-0.05, 0) is 37.5 Å². The lowest BCUT2D eigenvalue weighted by atomic mass is 9.95. The van der Waals surface area contributed by atoms with Gasteiger partial charge in [0.1, 0.15) is 28.3 Å². The lowest BCUT2D eigenvalue weighted by Crippen LogP contribution is -2.23. The molecule has 3 heterocycles. The number of aryl methyl sites for hydroxylation is 1. The van der Waals surface area contributed by atoms with Crippen molar-refractivity contribution >= 4 is 16.7 Å². The summed E-state index contributed by atoms with van der Waals surface area (Å²) in [5, 5.41) is 2.32. The molecule has 196 valence electrons. The second kappa shape index (κ2) is 9.04. The molecule has 1 aliphatic carbocycles. The zero-order valence-corrected chi connectivity index (χ0v) is 21.0. The van der Waals surface area contributed by atoms with Crippen molar-refractivity contribution in [3.05, 3.63) is 70.3 Å². The first-order valence-electron chi connectivity index (χ1n) is 12.6. The Morgan fingerprint density at radius 2 is 1.71 bits per heavy atom. The summed E-state index contributed by atoms with van der Waals surface area (Å²) in [6.45, 7) is 1.65. The number of nitrogens with zero attached hydrogens (tertiary/aromatic N) is 4. The van der Waals surface area contributed by atoms with Gasteiger partial charge in [0, 0.05) is 6.04 Å². The van der Waals surface area contributed by atoms with E-state index in [9.17, 15) is 18.0 Å². The largest absolute Gasteiger partial charge is 0.494 e. The van der Waals surface area contributed by atoms with E-state index in [2.05, 4.69) is 14.6 Å². The first-order chi connectivity index (χ1) is 18.3. The van der Waals surface area contributed by atoms with Crippen molar-refractivity contribution in [1.29, 1.82) is 0 Å². The topological polar surface area (TPSA) is 77.2 Å². The number of aromatic amines is 1. The third-order valence-corrected chi connectivity index (χ3v) is 7.37. The third-order valence-electron chi connectivity index (χ3n) is 7.37. The Labute approximate surface area is 215 Å². The summed E-state index contributed by atoms with van der Waals surface area (Å²) < 4.78 is 51.0. The third kappa shape index (κ3) is 3.77. The Morgan fingerprint density at radius 1 is 0.974 bits per heavy atom. The molecule has 0 amide bonds. The number of hydrogen-bond donors (Lipinski definition) is 1. The van der Waals surface area contributed by atoms with Crippen LogP contribution in [-0.2, 0) is 6.18 Å². The van der Waals surface area contributed by atoms with E-state index in [1.165, 1.54) is 0 Å². The predicted octanol–water partition coefficient (Wildman–Crippen LogP) is 6.55. The van der Waals surface area contributed by atoms with Crippen LogP contribution in [0.1, 0.15) is 49.5 Å². The van der Waals surface area contributed by atoms with Crippen molar-refractivity contribution in [2.24, 2.45) is 0 Å². The highest BCUT2D eigenvalue weighted by atomic mass is 19.4. The average Bonchev–Trinajstić information content (AvgIpc) is 3.49. The van der Waals surface area contributed by atoms with Crippen LogP contribution in [0.2, 0.25) is 0 Å². The van der Waals surface area contributed by atoms with Gasteiger partial charge >= 0.3 is 6.18 Å². The van der Waals surface area contributed by atoms with Crippen molar-refractivity contribution in [3.63, 3.8) is 0 Å². The molecule has 10 heteroatoms. The van der Waals surface area contributed by atoms with E-state index >= 15 is 0 Å². The fourth-order valence-electron chi connectivity index (χ4n) is 5.66. The molecule has 0 spiro atoms. The Kier molecular flexibility index (Phi) is 5.77. The highest BCUT2D eigenvalue weighted by molar-refractivity contribution is 5.87. The molecule has 0 aliphatic heterocycles. The van der Waals surface area contributed by atoms with Crippen molar-refractivity contribution in [1.82, 2.24) is 24.1 Å². The van der Waals surface area contributed by atoms with Gasteiger partial charge in [-0.25, -0.2) is 9.97 Å². The van der Waals surface area contributed by atoms with Crippen molar-refractivity contribution < 1.29 is 17.9 Å². The van der Waals surface area contributed by atoms with Crippen molar-refractivity contribution in [2.75, 3.05) is 7.11 Å². The number of halogens is 3. The molecule has 7 nitrogen and oxygen atoms in total. The standard InChI is InChI=1S/C28H26F3N5O2/c1-16-21(25-33-23-19(14-9-15-20(23)38-2)35(25)18-12-7-4-8-13-18)27(37)36-26(32-16)22(17-10-5-3-6-11-17)24(34-36)28(29,30)31/h3,5-6,9-11,14-15,18,34H,4,7-8,12-13H2,1-2H3. The summed E-state index contributed by atoms with van der Waals surface area (Å²) in [4.78, 5) is 23.4. The van der Waals surface area contributed by atoms with Gasteiger partial charge < -0.3 is 9.30 Å². The molecule has 1 N–H and O–H groups in total. The number of ether oxygens (including phenoxy) is 1.